The van der Waals surface area contributed by atoms with Gasteiger partial charge in [0.1, 0.15) is 0 Å². The van der Waals surface area contributed by atoms with Gasteiger partial charge in [-0.25, -0.2) is 13.1 Å². The van der Waals surface area contributed by atoms with Gasteiger partial charge < -0.3 is 4.74 Å². The number of nitriles is 1. The molecule has 0 aromatic heterocycles. The van der Waals surface area contributed by atoms with Crippen LogP contribution in [0.15, 0.2) is 0 Å². The lowest BCUT2D eigenvalue weighted by atomic mass is 10.2. The van der Waals surface area contributed by atoms with Gasteiger partial charge in [-0.05, 0) is 18.8 Å². The van der Waals surface area contributed by atoms with Crippen molar-refractivity contribution in [2.45, 2.75) is 38.9 Å². The number of hydrogen-bond acceptors (Lipinski definition) is 4. The molecule has 0 aliphatic heterocycles. The minimum absolute atomic E-state index is 0.301. The highest BCUT2D eigenvalue weighted by atomic mass is 32.2. The molecule has 0 aliphatic rings. The van der Waals surface area contributed by atoms with Crippen molar-refractivity contribution < 1.29 is 13.2 Å². The zero-order valence-corrected chi connectivity index (χ0v) is 11.6. The minimum Gasteiger partial charge on any atom is -0.381 e. The maximum atomic E-state index is 11.6. The van der Waals surface area contributed by atoms with Crippen LogP contribution >= 0.6 is 0 Å². The monoisotopic (exact) mass is 262 g/mol. The van der Waals surface area contributed by atoms with Crippen LogP contribution in [0.4, 0.5) is 0 Å². The first-order valence-corrected chi connectivity index (χ1v) is 7.44. The number of nitrogens with one attached hydrogen (secondary N) is 1. The van der Waals surface area contributed by atoms with Crippen molar-refractivity contribution in [3.05, 3.63) is 0 Å². The van der Waals surface area contributed by atoms with Gasteiger partial charge in [0.25, 0.3) is 0 Å². The molecule has 0 saturated heterocycles. The smallest absolute Gasteiger partial charge is 0.227 e. The molecular weight excluding hydrogens is 240 g/mol. The molecule has 0 aliphatic carbocycles. The second-order valence-corrected chi connectivity index (χ2v) is 6.24. The summed E-state index contributed by atoms with van der Waals surface area (Å²) in [6.45, 7) is 7.33. The van der Waals surface area contributed by atoms with E-state index in [4.69, 9.17) is 10.00 Å². The van der Waals surface area contributed by atoms with Gasteiger partial charge in [0.05, 0.1) is 6.07 Å². The van der Waals surface area contributed by atoms with Crippen LogP contribution in [0.5, 0.6) is 0 Å². The Morgan fingerprint density at radius 3 is 2.53 bits per heavy atom. The van der Waals surface area contributed by atoms with E-state index >= 15 is 0 Å². The third-order valence-electron chi connectivity index (χ3n) is 2.11. The lowest BCUT2D eigenvalue weighted by Gasteiger charge is -2.10. The van der Waals surface area contributed by atoms with E-state index in [-0.39, 0.29) is 0 Å². The van der Waals surface area contributed by atoms with Crippen LogP contribution in [0.2, 0.25) is 0 Å². The van der Waals surface area contributed by atoms with Gasteiger partial charge in [-0.2, -0.15) is 5.26 Å². The summed E-state index contributed by atoms with van der Waals surface area (Å²) in [7, 11) is -3.49. The third kappa shape index (κ3) is 7.31. The molecule has 0 aromatic carbocycles. The Labute approximate surface area is 104 Å². The standard InChI is InChI=1S/C11H22N2O3S/c1-4-11(8-12)17(14,15)13-6-5-7-16-9-10(2)3/h10-11,13H,4-7,9H2,1-3H3. The summed E-state index contributed by atoms with van der Waals surface area (Å²) in [6, 6.07) is 1.78. The van der Waals surface area contributed by atoms with Crippen molar-refractivity contribution in [1.29, 1.82) is 5.26 Å². The predicted octanol–water partition coefficient (Wildman–Crippen LogP) is 1.27. The van der Waals surface area contributed by atoms with Crippen molar-refractivity contribution in [2.24, 2.45) is 5.92 Å². The van der Waals surface area contributed by atoms with Crippen LogP contribution in [0.3, 0.4) is 0 Å². The molecule has 0 heterocycles. The SMILES string of the molecule is CCC(C#N)S(=O)(=O)NCCCOCC(C)C. The molecule has 5 nitrogen and oxygen atoms in total. The first-order chi connectivity index (χ1) is 7.94. The molecule has 1 N–H and O–H groups in total. The average molecular weight is 262 g/mol. The summed E-state index contributed by atoms with van der Waals surface area (Å²) in [5.74, 6) is 0.481. The molecule has 6 heteroatoms. The Morgan fingerprint density at radius 1 is 1.41 bits per heavy atom. The van der Waals surface area contributed by atoms with Gasteiger partial charge >= 0.3 is 0 Å². The fourth-order valence-corrected chi connectivity index (χ4v) is 2.40. The third-order valence-corrected chi connectivity index (χ3v) is 3.90. The summed E-state index contributed by atoms with van der Waals surface area (Å²) in [6.07, 6.45) is 0.920. The second-order valence-electron chi connectivity index (χ2n) is 4.29. The van der Waals surface area contributed by atoms with E-state index in [9.17, 15) is 8.42 Å². The van der Waals surface area contributed by atoms with Gasteiger partial charge in [0.2, 0.25) is 10.0 Å². The van der Waals surface area contributed by atoms with Crippen molar-refractivity contribution in [1.82, 2.24) is 4.72 Å². The Hall–Kier alpha value is -0.640. The van der Waals surface area contributed by atoms with Crippen LogP contribution in [0.25, 0.3) is 0 Å². The quantitative estimate of drug-likeness (QED) is 0.635. The molecule has 0 amide bonds. The number of nitrogens with zero attached hydrogens (tertiary/aromatic N) is 1. The summed E-state index contributed by atoms with van der Waals surface area (Å²) in [5, 5.41) is 7.71. The van der Waals surface area contributed by atoms with Crippen LogP contribution in [-0.4, -0.2) is 33.4 Å². The van der Waals surface area contributed by atoms with E-state index in [1.807, 2.05) is 0 Å². The van der Waals surface area contributed by atoms with Crippen molar-refractivity contribution in [2.75, 3.05) is 19.8 Å². The van der Waals surface area contributed by atoms with Gasteiger partial charge in [-0.15, -0.1) is 0 Å². The highest BCUT2D eigenvalue weighted by Crippen LogP contribution is 2.02. The van der Waals surface area contributed by atoms with Gasteiger partial charge in [-0.1, -0.05) is 20.8 Å². The summed E-state index contributed by atoms with van der Waals surface area (Å²) in [5.41, 5.74) is 0. The molecule has 100 valence electrons. The molecule has 1 atom stereocenters. The first kappa shape index (κ1) is 16.4. The largest absolute Gasteiger partial charge is 0.381 e. The van der Waals surface area contributed by atoms with E-state index in [2.05, 4.69) is 18.6 Å². The van der Waals surface area contributed by atoms with Gasteiger partial charge in [0, 0.05) is 19.8 Å². The minimum atomic E-state index is -3.49. The van der Waals surface area contributed by atoms with Gasteiger partial charge in [0.15, 0.2) is 5.25 Å². The fourth-order valence-electron chi connectivity index (χ4n) is 1.19. The number of hydrogen-bond donors (Lipinski definition) is 1. The molecule has 0 fully saturated rings. The van der Waals surface area contributed by atoms with Crippen molar-refractivity contribution in [3.63, 3.8) is 0 Å². The number of ether oxygens (including phenoxy) is 1. The predicted molar refractivity (Wildman–Crippen MR) is 66.9 cm³/mol. The fraction of sp³-hybridized carbons (Fsp3) is 0.909. The normalized spacial score (nSPS) is 13.6. The summed E-state index contributed by atoms with van der Waals surface area (Å²) < 4.78 is 30.9. The highest BCUT2D eigenvalue weighted by molar-refractivity contribution is 7.90. The van der Waals surface area contributed by atoms with Crippen LogP contribution < -0.4 is 4.72 Å². The topological polar surface area (TPSA) is 79.2 Å². The van der Waals surface area contributed by atoms with E-state index in [0.717, 1.165) is 0 Å². The maximum Gasteiger partial charge on any atom is 0.227 e. The van der Waals surface area contributed by atoms with E-state index in [1.165, 1.54) is 0 Å². The van der Waals surface area contributed by atoms with E-state index in [1.54, 1.807) is 13.0 Å². The zero-order chi connectivity index (χ0) is 13.3. The zero-order valence-electron chi connectivity index (χ0n) is 10.8. The van der Waals surface area contributed by atoms with Crippen molar-refractivity contribution >= 4 is 10.0 Å². The highest BCUT2D eigenvalue weighted by Gasteiger charge is 2.22. The Kier molecular flexibility index (Phi) is 8.13. The van der Waals surface area contributed by atoms with Crippen LogP contribution in [0.1, 0.15) is 33.6 Å². The van der Waals surface area contributed by atoms with E-state index < -0.39 is 15.3 Å². The van der Waals surface area contributed by atoms with Crippen LogP contribution in [-0.2, 0) is 14.8 Å². The molecule has 0 spiro atoms. The average Bonchev–Trinajstić information content (AvgIpc) is 2.24. The molecule has 0 radical (unpaired) electrons. The summed E-state index contributed by atoms with van der Waals surface area (Å²) in [4.78, 5) is 0. The number of sulfonamides is 1. The molecule has 17 heavy (non-hydrogen) atoms. The summed E-state index contributed by atoms with van der Waals surface area (Å²) >= 11 is 0. The molecule has 0 bridgehead atoms. The first-order valence-electron chi connectivity index (χ1n) is 5.89. The Balaban J connectivity index is 3.78. The lowest BCUT2D eigenvalue weighted by Crippen LogP contribution is -2.34. The van der Waals surface area contributed by atoms with E-state index in [0.29, 0.717) is 38.5 Å². The molecular formula is C11H22N2O3S. The molecule has 0 rings (SSSR count). The maximum absolute atomic E-state index is 11.6. The van der Waals surface area contributed by atoms with Gasteiger partial charge in [-0.3, -0.25) is 0 Å². The Bertz CT molecular complexity index is 333. The molecule has 0 aromatic rings. The molecule has 0 saturated carbocycles. The second kappa shape index (κ2) is 8.45. The Morgan fingerprint density at radius 2 is 2.06 bits per heavy atom. The molecule has 1 unspecified atom stereocenters. The lowest BCUT2D eigenvalue weighted by molar-refractivity contribution is 0.108. The van der Waals surface area contributed by atoms with Crippen LogP contribution in [0, 0.1) is 17.2 Å². The number of rotatable bonds is 9. The van der Waals surface area contributed by atoms with Crippen molar-refractivity contribution in [3.8, 4) is 6.07 Å².